The van der Waals surface area contributed by atoms with Gasteiger partial charge in [-0.3, -0.25) is 4.90 Å². The standard InChI is InChI=1S/C14H25F2NO4/c15-14(16)9-3-1-8(2-4-9)5-17-6-11(19)13(21)12(20)10(17)7-18/h8-14,18-21H,1-7H2/t8?,9?,10-,11-,12+,13+/m0/s1. The first-order valence-corrected chi connectivity index (χ1v) is 7.61. The Labute approximate surface area is 123 Å². The van der Waals surface area contributed by atoms with Crippen molar-refractivity contribution in [2.24, 2.45) is 11.8 Å². The molecular formula is C14H25F2NO4. The number of hydrogen-bond acceptors (Lipinski definition) is 5. The molecule has 1 saturated heterocycles. The van der Waals surface area contributed by atoms with Gasteiger partial charge < -0.3 is 20.4 Å². The second-order valence-corrected chi connectivity index (χ2v) is 6.37. The molecule has 1 heterocycles. The van der Waals surface area contributed by atoms with Crippen LogP contribution in [0.4, 0.5) is 8.78 Å². The summed E-state index contributed by atoms with van der Waals surface area (Å²) in [7, 11) is 0. The molecule has 0 radical (unpaired) electrons. The molecule has 0 aromatic carbocycles. The molecule has 0 unspecified atom stereocenters. The molecule has 2 aliphatic rings. The van der Waals surface area contributed by atoms with Crippen molar-refractivity contribution in [2.75, 3.05) is 19.7 Å². The number of hydrogen-bond donors (Lipinski definition) is 4. The van der Waals surface area contributed by atoms with E-state index in [-0.39, 0.29) is 19.1 Å². The lowest BCUT2D eigenvalue weighted by molar-refractivity contribution is -0.148. The second-order valence-electron chi connectivity index (χ2n) is 6.37. The zero-order chi connectivity index (χ0) is 15.6. The van der Waals surface area contributed by atoms with Gasteiger partial charge >= 0.3 is 0 Å². The second kappa shape index (κ2) is 7.28. The summed E-state index contributed by atoms with van der Waals surface area (Å²) in [6.07, 6.45) is -3.40. The fourth-order valence-electron chi connectivity index (χ4n) is 3.54. The SMILES string of the molecule is OC[C@H]1[C@@H](O)[C@H](O)[C@@H](O)CN1CC1CCC(C(F)F)CC1. The minimum atomic E-state index is -2.26. The zero-order valence-corrected chi connectivity index (χ0v) is 12.0. The highest BCUT2D eigenvalue weighted by molar-refractivity contribution is 4.95. The lowest BCUT2D eigenvalue weighted by atomic mass is 9.81. The summed E-state index contributed by atoms with van der Waals surface area (Å²) in [5.74, 6) is -0.294. The Bertz CT molecular complexity index is 326. The average Bonchev–Trinajstić information content (AvgIpc) is 2.46. The highest BCUT2D eigenvalue weighted by atomic mass is 19.3. The summed E-state index contributed by atoms with van der Waals surface area (Å²) in [5.41, 5.74) is 0. The van der Waals surface area contributed by atoms with E-state index < -0.39 is 36.7 Å². The summed E-state index contributed by atoms with van der Waals surface area (Å²) in [6.45, 7) is 0.414. The van der Waals surface area contributed by atoms with E-state index in [0.717, 1.165) is 0 Å². The van der Waals surface area contributed by atoms with Crippen LogP contribution in [0.3, 0.4) is 0 Å². The van der Waals surface area contributed by atoms with Crippen LogP contribution in [0, 0.1) is 11.8 Å². The highest BCUT2D eigenvalue weighted by Gasteiger charge is 2.41. The van der Waals surface area contributed by atoms with Crippen LogP contribution in [0.5, 0.6) is 0 Å². The summed E-state index contributed by atoms with van der Waals surface area (Å²) >= 11 is 0. The van der Waals surface area contributed by atoms with Crippen LogP contribution in [-0.2, 0) is 0 Å². The Kier molecular flexibility index (Phi) is 5.90. The summed E-state index contributed by atoms with van der Waals surface area (Å²) in [6, 6.07) is -0.615. The van der Waals surface area contributed by atoms with Crippen molar-refractivity contribution in [3.8, 4) is 0 Å². The maximum atomic E-state index is 12.6. The lowest BCUT2D eigenvalue weighted by Crippen LogP contribution is -2.63. The van der Waals surface area contributed by atoms with Gasteiger partial charge in [-0.2, -0.15) is 0 Å². The van der Waals surface area contributed by atoms with Gasteiger partial charge in [-0.1, -0.05) is 0 Å². The topological polar surface area (TPSA) is 84.2 Å². The molecule has 0 aromatic rings. The molecule has 0 aromatic heterocycles. The first-order valence-electron chi connectivity index (χ1n) is 7.61. The zero-order valence-electron chi connectivity index (χ0n) is 12.0. The van der Waals surface area contributed by atoms with Crippen molar-refractivity contribution >= 4 is 0 Å². The Balaban J connectivity index is 1.89. The quantitative estimate of drug-likeness (QED) is 0.579. The molecule has 4 N–H and O–H groups in total. The monoisotopic (exact) mass is 309 g/mol. The van der Waals surface area contributed by atoms with Gasteiger partial charge in [-0.05, 0) is 31.6 Å². The highest BCUT2D eigenvalue weighted by Crippen LogP contribution is 2.34. The summed E-state index contributed by atoms with van der Waals surface area (Å²) in [4.78, 5) is 1.77. The van der Waals surface area contributed by atoms with Crippen molar-refractivity contribution in [1.29, 1.82) is 0 Å². The molecule has 2 rings (SSSR count). The number of likely N-dealkylation sites (tertiary alicyclic amines) is 1. The molecule has 21 heavy (non-hydrogen) atoms. The van der Waals surface area contributed by atoms with Gasteiger partial charge in [0.2, 0.25) is 6.43 Å². The molecular weight excluding hydrogens is 284 g/mol. The molecule has 4 atom stereocenters. The normalized spacial score (nSPS) is 42.4. The molecule has 124 valence electrons. The molecule has 1 saturated carbocycles. The molecule has 0 bridgehead atoms. The van der Waals surface area contributed by atoms with Crippen molar-refractivity contribution in [2.45, 2.75) is 56.5 Å². The average molecular weight is 309 g/mol. The first kappa shape index (κ1) is 17.0. The predicted octanol–water partition coefficient (Wildman–Crippen LogP) is -0.183. The number of nitrogens with zero attached hydrogens (tertiary/aromatic N) is 1. The molecule has 2 fully saturated rings. The minimum Gasteiger partial charge on any atom is -0.395 e. The van der Waals surface area contributed by atoms with Crippen LogP contribution < -0.4 is 0 Å². The van der Waals surface area contributed by atoms with E-state index in [4.69, 9.17) is 0 Å². The van der Waals surface area contributed by atoms with Gasteiger partial charge in [-0.15, -0.1) is 0 Å². The third-order valence-electron chi connectivity index (χ3n) is 4.96. The maximum absolute atomic E-state index is 12.6. The smallest absolute Gasteiger partial charge is 0.241 e. The number of aliphatic hydroxyl groups excluding tert-OH is 4. The van der Waals surface area contributed by atoms with Crippen LogP contribution in [-0.4, -0.2) is 75.8 Å². The molecule has 0 amide bonds. The number of β-amino-alcohol motifs (C(OH)–C–C–N with tert-alkyl or cyclic N) is 1. The maximum Gasteiger partial charge on any atom is 0.241 e. The van der Waals surface area contributed by atoms with Gasteiger partial charge in [0, 0.05) is 19.0 Å². The predicted molar refractivity (Wildman–Crippen MR) is 71.9 cm³/mol. The molecule has 1 aliphatic carbocycles. The summed E-state index contributed by atoms with van der Waals surface area (Å²) < 4.78 is 25.3. The van der Waals surface area contributed by atoms with Crippen molar-refractivity contribution in [1.82, 2.24) is 4.90 Å². The third kappa shape index (κ3) is 3.90. The van der Waals surface area contributed by atoms with E-state index in [1.54, 1.807) is 4.90 Å². The van der Waals surface area contributed by atoms with E-state index in [0.29, 0.717) is 32.2 Å². The van der Waals surface area contributed by atoms with Gasteiger partial charge in [0.05, 0.1) is 18.8 Å². The summed E-state index contributed by atoms with van der Waals surface area (Å²) in [5, 5.41) is 38.7. The van der Waals surface area contributed by atoms with Crippen LogP contribution in [0.25, 0.3) is 0 Å². The van der Waals surface area contributed by atoms with Crippen molar-refractivity contribution in [3.05, 3.63) is 0 Å². The van der Waals surface area contributed by atoms with E-state index in [1.165, 1.54) is 0 Å². The van der Waals surface area contributed by atoms with E-state index in [9.17, 15) is 29.2 Å². The van der Waals surface area contributed by atoms with E-state index in [2.05, 4.69) is 0 Å². The number of rotatable bonds is 4. The molecule has 1 aliphatic heterocycles. The van der Waals surface area contributed by atoms with Crippen LogP contribution in [0.15, 0.2) is 0 Å². The minimum absolute atomic E-state index is 0.179. The van der Waals surface area contributed by atoms with Crippen LogP contribution in [0.2, 0.25) is 0 Å². The van der Waals surface area contributed by atoms with Gasteiger partial charge in [-0.25, -0.2) is 8.78 Å². The fourth-order valence-corrected chi connectivity index (χ4v) is 3.54. The number of aliphatic hydroxyl groups is 4. The largest absolute Gasteiger partial charge is 0.395 e. The van der Waals surface area contributed by atoms with Gasteiger partial charge in [0.25, 0.3) is 0 Å². The lowest BCUT2D eigenvalue weighted by Gasteiger charge is -2.45. The molecule has 7 heteroatoms. The van der Waals surface area contributed by atoms with Gasteiger partial charge in [0.15, 0.2) is 0 Å². The number of alkyl halides is 2. The Hall–Kier alpha value is -0.340. The Morgan fingerprint density at radius 2 is 1.62 bits per heavy atom. The van der Waals surface area contributed by atoms with Crippen LogP contribution >= 0.6 is 0 Å². The fraction of sp³-hybridized carbons (Fsp3) is 1.00. The number of piperidine rings is 1. The van der Waals surface area contributed by atoms with E-state index in [1.807, 2.05) is 0 Å². The van der Waals surface area contributed by atoms with Crippen LogP contribution in [0.1, 0.15) is 25.7 Å². The molecule has 0 spiro atoms. The first-order chi connectivity index (χ1) is 9.93. The van der Waals surface area contributed by atoms with Crippen molar-refractivity contribution in [3.63, 3.8) is 0 Å². The molecule has 5 nitrogen and oxygen atoms in total. The van der Waals surface area contributed by atoms with Crippen molar-refractivity contribution < 1.29 is 29.2 Å². The third-order valence-corrected chi connectivity index (χ3v) is 4.96. The number of halogens is 2. The Morgan fingerprint density at radius 1 is 1.00 bits per heavy atom. The van der Waals surface area contributed by atoms with E-state index >= 15 is 0 Å². The van der Waals surface area contributed by atoms with Gasteiger partial charge in [0.1, 0.15) is 12.2 Å². The Morgan fingerprint density at radius 3 is 2.14 bits per heavy atom.